The van der Waals surface area contributed by atoms with E-state index in [0.717, 1.165) is 5.56 Å². The van der Waals surface area contributed by atoms with E-state index in [4.69, 9.17) is 21.1 Å². The summed E-state index contributed by atoms with van der Waals surface area (Å²) in [6, 6.07) is 14.1. The van der Waals surface area contributed by atoms with Crippen molar-refractivity contribution in [2.45, 2.75) is 18.7 Å². The second kappa shape index (κ2) is 11.9. The van der Waals surface area contributed by atoms with Gasteiger partial charge in [0.25, 0.3) is 0 Å². The van der Waals surface area contributed by atoms with Crippen LogP contribution in [0.4, 0.5) is 5.69 Å². The molecule has 1 heterocycles. The Morgan fingerprint density at radius 2 is 1.91 bits per heavy atom. The van der Waals surface area contributed by atoms with E-state index in [0.29, 0.717) is 34.0 Å². The number of halogens is 1. The van der Waals surface area contributed by atoms with Gasteiger partial charge in [0.1, 0.15) is 12.4 Å². The van der Waals surface area contributed by atoms with Gasteiger partial charge < -0.3 is 14.8 Å². The topological polar surface area (TPSA) is 106 Å². The highest BCUT2D eigenvalue weighted by Gasteiger charge is 2.09. The average Bonchev–Trinajstić information content (AvgIpc) is 3.25. The van der Waals surface area contributed by atoms with Crippen LogP contribution in [0, 0.1) is 0 Å². The molecule has 3 rings (SSSR count). The van der Waals surface area contributed by atoms with Crippen molar-refractivity contribution in [3.8, 4) is 5.75 Å². The van der Waals surface area contributed by atoms with Crippen molar-refractivity contribution >= 4 is 47.0 Å². The Kier molecular flexibility index (Phi) is 8.70. The van der Waals surface area contributed by atoms with E-state index in [1.807, 2.05) is 0 Å². The number of aromatic amines is 1. The molecule has 0 fully saturated rings. The number of benzene rings is 2. The van der Waals surface area contributed by atoms with E-state index in [9.17, 15) is 9.59 Å². The van der Waals surface area contributed by atoms with Crippen molar-refractivity contribution in [2.24, 2.45) is 0 Å². The highest BCUT2D eigenvalue weighted by Crippen LogP contribution is 2.18. The Balaban J connectivity index is 1.42. The fourth-order valence-corrected chi connectivity index (χ4v) is 3.19. The quantitative estimate of drug-likeness (QED) is 0.257. The number of esters is 1. The number of amides is 1. The molecular formula is C22H21ClN4O4S. The van der Waals surface area contributed by atoms with Crippen LogP contribution in [0.5, 0.6) is 5.75 Å². The van der Waals surface area contributed by atoms with Gasteiger partial charge in [-0.15, -0.1) is 5.10 Å². The first-order chi connectivity index (χ1) is 15.5. The predicted octanol–water partition coefficient (Wildman–Crippen LogP) is 4.34. The van der Waals surface area contributed by atoms with Gasteiger partial charge in [-0.2, -0.15) is 0 Å². The van der Waals surface area contributed by atoms with E-state index in [2.05, 4.69) is 20.5 Å². The van der Waals surface area contributed by atoms with Gasteiger partial charge in [-0.3, -0.25) is 9.89 Å². The summed E-state index contributed by atoms with van der Waals surface area (Å²) >= 11 is 7.06. The summed E-state index contributed by atoms with van der Waals surface area (Å²) in [4.78, 5) is 27.8. The first kappa shape index (κ1) is 23.4. The molecule has 2 N–H and O–H groups in total. The van der Waals surface area contributed by atoms with Crippen molar-refractivity contribution in [3.63, 3.8) is 0 Å². The minimum Gasteiger partial charge on any atom is -0.486 e. The molecule has 8 nitrogen and oxygen atoms in total. The normalized spacial score (nSPS) is 10.8. The molecule has 2 aromatic carbocycles. The number of carbonyl (C=O) groups excluding carboxylic acids is 2. The molecule has 1 aromatic heterocycles. The molecule has 0 spiro atoms. The number of aromatic nitrogens is 3. The van der Waals surface area contributed by atoms with Crippen LogP contribution in [0.15, 0.2) is 59.8 Å². The SMILES string of the molecule is CCOC(=O)/C=C/c1ccc(NC(=O)CSc2n[nH]c(COc3ccc(Cl)cc3)n2)cc1. The highest BCUT2D eigenvalue weighted by molar-refractivity contribution is 7.99. The van der Waals surface area contributed by atoms with Crippen molar-refractivity contribution in [3.05, 3.63) is 71.0 Å². The number of rotatable bonds is 10. The van der Waals surface area contributed by atoms with Gasteiger partial charge in [-0.1, -0.05) is 35.5 Å². The fourth-order valence-electron chi connectivity index (χ4n) is 2.45. The number of ether oxygens (including phenoxy) is 2. The lowest BCUT2D eigenvalue weighted by molar-refractivity contribution is -0.137. The minimum atomic E-state index is -0.395. The Hall–Kier alpha value is -3.30. The van der Waals surface area contributed by atoms with Gasteiger partial charge in [0, 0.05) is 16.8 Å². The summed E-state index contributed by atoms with van der Waals surface area (Å²) in [7, 11) is 0. The smallest absolute Gasteiger partial charge is 0.330 e. The molecule has 3 aromatic rings. The second-order valence-electron chi connectivity index (χ2n) is 6.35. The number of nitrogens with one attached hydrogen (secondary N) is 2. The van der Waals surface area contributed by atoms with E-state index in [-0.39, 0.29) is 18.3 Å². The number of carbonyl (C=O) groups is 2. The molecule has 0 bridgehead atoms. The number of hydrogen-bond acceptors (Lipinski definition) is 7. The highest BCUT2D eigenvalue weighted by atomic mass is 35.5. The van der Waals surface area contributed by atoms with Crippen molar-refractivity contribution < 1.29 is 19.1 Å². The lowest BCUT2D eigenvalue weighted by atomic mass is 10.2. The van der Waals surface area contributed by atoms with Crippen LogP contribution >= 0.6 is 23.4 Å². The number of anilines is 1. The third kappa shape index (κ3) is 7.75. The molecule has 0 saturated heterocycles. The molecule has 10 heteroatoms. The second-order valence-corrected chi connectivity index (χ2v) is 7.73. The van der Waals surface area contributed by atoms with E-state index < -0.39 is 5.97 Å². The molecule has 166 valence electrons. The molecule has 1 amide bonds. The summed E-state index contributed by atoms with van der Waals surface area (Å²) in [5.74, 6) is 0.790. The van der Waals surface area contributed by atoms with Crippen LogP contribution in [-0.2, 0) is 20.9 Å². The van der Waals surface area contributed by atoms with Gasteiger partial charge in [0.2, 0.25) is 11.1 Å². The Labute approximate surface area is 194 Å². The maximum atomic E-state index is 12.2. The van der Waals surface area contributed by atoms with E-state index >= 15 is 0 Å². The number of nitrogens with zero attached hydrogens (tertiary/aromatic N) is 2. The fraction of sp³-hybridized carbons (Fsp3) is 0.182. The third-order valence-electron chi connectivity index (χ3n) is 3.93. The zero-order chi connectivity index (χ0) is 22.8. The summed E-state index contributed by atoms with van der Waals surface area (Å²) in [5.41, 5.74) is 1.47. The molecule has 0 aliphatic carbocycles. The Morgan fingerprint density at radius 1 is 1.16 bits per heavy atom. The number of H-pyrrole nitrogens is 1. The molecule has 0 radical (unpaired) electrons. The standard InChI is InChI=1S/C22H21ClN4O4S/c1-2-30-21(29)12-5-15-3-8-17(9-4-15)24-20(28)14-32-22-25-19(26-27-22)13-31-18-10-6-16(23)7-11-18/h3-12H,2,13-14H2,1H3,(H,24,28)(H,25,26,27)/b12-5+. The molecule has 0 atom stereocenters. The van der Waals surface area contributed by atoms with Crippen LogP contribution in [-0.4, -0.2) is 39.4 Å². The first-order valence-corrected chi connectivity index (χ1v) is 11.1. The Morgan fingerprint density at radius 3 is 2.62 bits per heavy atom. The van der Waals surface area contributed by atoms with Crippen LogP contribution in [0.2, 0.25) is 5.02 Å². The molecule has 0 aliphatic heterocycles. The zero-order valence-corrected chi connectivity index (χ0v) is 18.8. The lowest BCUT2D eigenvalue weighted by Gasteiger charge is -2.04. The van der Waals surface area contributed by atoms with Gasteiger partial charge in [-0.05, 0) is 55.0 Å². The minimum absolute atomic E-state index is 0.153. The molecular weight excluding hydrogens is 452 g/mol. The summed E-state index contributed by atoms with van der Waals surface area (Å²) < 4.78 is 10.4. The van der Waals surface area contributed by atoms with Gasteiger partial charge in [0.05, 0.1) is 12.4 Å². The van der Waals surface area contributed by atoms with Crippen LogP contribution in [0.3, 0.4) is 0 Å². The predicted molar refractivity (Wildman–Crippen MR) is 124 cm³/mol. The molecule has 0 unspecified atom stereocenters. The van der Waals surface area contributed by atoms with Crippen LogP contribution in [0.25, 0.3) is 6.08 Å². The number of hydrogen-bond donors (Lipinski definition) is 2. The van der Waals surface area contributed by atoms with Gasteiger partial charge in [-0.25, -0.2) is 9.78 Å². The summed E-state index contributed by atoms with van der Waals surface area (Å²) in [6.07, 6.45) is 3.01. The largest absolute Gasteiger partial charge is 0.486 e. The molecule has 32 heavy (non-hydrogen) atoms. The number of thioether (sulfide) groups is 1. The summed E-state index contributed by atoms with van der Waals surface area (Å²) in [5, 5.41) is 10.8. The van der Waals surface area contributed by atoms with E-state index in [1.165, 1.54) is 17.8 Å². The van der Waals surface area contributed by atoms with E-state index in [1.54, 1.807) is 61.5 Å². The van der Waals surface area contributed by atoms with Crippen molar-refractivity contribution in [1.29, 1.82) is 0 Å². The van der Waals surface area contributed by atoms with Crippen molar-refractivity contribution in [1.82, 2.24) is 15.2 Å². The first-order valence-electron chi connectivity index (χ1n) is 9.69. The van der Waals surface area contributed by atoms with Crippen molar-refractivity contribution in [2.75, 3.05) is 17.7 Å². The van der Waals surface area contributed by atoms with Gasteiger partial charge in [0.15, 0.2) is 5.82 Å². The third-order valence-corrected chi connectivity index (χ3v) is 5.02. The zero-order valence-electron chi connectivity index (χ0n) is 17.2. The lowest BCUT2D eigenvalue weighted by Crippen LogP contribution is -2.14. The monoisotopic (exact) mass is 472 g/mol. The van der Waals surface area contributed by atoms with Crippen LogP contribution in [0.1, 0.15) is 18.3 Å². The molecule has 0 saturated carbocycles. The van der Waals surface area contributed by atoms with Gasteiger partial charge >= 0.3 is 5.97 Å². The van der Waals surface area contributed by atoms with Crippen LogP contribution < -0.4 is 10.1 Å². The summed E-state index contributed by atoms with van der Waals surface area (Å²) in [6.45, 7) is 2.30. The Bertz CT molecular complexity index is 1070. The average molecular weight is 473 g/mol. The maximum Gasteiger partial charge on any atom is 0.330 e. The molecule has 0 aliphatic rings. The maximum absolute atomic E-state index is 12.2.